The summed E-state index contributed by atoms with van der Waals surface area (Å²) < 4.78 is 0. The van der Waals surface area contributed by atoms with Crippen LogP contribution in [-0.4, -0.2) is 6.54 Å². The van der Waals surface area contributed by atoms with E-state index in [2.05, 4.69) is 46.8 Å². The van der Waals surface area contributed by atoms with Gasteiger partial charge in [0.25, 0.3) is 0 Å². The predicted octanol–water partition coefficient (Wildman–Crippen LogP) is 4.69. The van der Waals surface area contributed by atoms with Crippen LogP contribution in [0.4, 0.5) is 0 Å². The fraction of sp³-hybridized carbons (Fsp3) is 0.733. The number of rotatable bonds is 4. The van der Waals surface area contributed by atoms with E-state index in [9.17, 15) is 0 Å². The van der Waals surface area contributed by atoms with Crippen molar-refractivity contribution in [2.24, 2.45) is 11.1 Å². The summed E-state index contributed by atoms with van der Waals surface area (Å²) in [5.74, 6) is 0. The molecule has 0 aliphatic heterocycles. The minimum atomic E-state index is 0.228. The highest BCUT2D eigenvalue weighted by molar-refractivity contribution is 5.28. The molecule has 0 unspecified atom stereocenters. The molecule has 0 atom stereocenters. The van der Waals surface area contributed by atoms with E-state index in [0.29, 0.717) is 6.54 Å². The first-order valence-electron chi connectivity index (χ1n) is 6.49. The van der Waals surface area contributed by atoms with Crippen molar-refractivity contribution in [2.45, 2.75) is 61.3 Å². The lowest BCUT2D eigenvalue weighted by Gasteiger charge is -2.21. The number of allylic oxidation sites excluding steroid dienone is 3. The third-order valence-electron chi connectivity index (χ3n) is 2.24. The summed E-state index contributed by atoms with van der Waals surface area (Å²) in [4.78, 5) is 0. The van der Waals surface area contributed by atoms with Gasteiger partial charge in [0, 0.05) is 6.54 Å². The lowest BCUT2D eigenvalue weighted by molar-refractivity contribution is 0.513. The van der Waals surface area contributed by atoms with Crippen LogP contribution < -0.4 is 5.73 Å². The van der Waals surface area contributed by atoms with Gasteiger partial charge in [-0.3, -0.25) is 0 Å². The smallest absolute Gasteiger partial charge is 0.0137 e. The molecule has 0 aliphatic rings. The van der Waals surface area contributed by atoms with Gasteiger partial charge in [-0.2, -0.15) is 0 Å². The van der Waals surface area contributed by atoms with Crippen molar-refractivity contribution < 1.29 is 0 Å². The summed E-state index contributed by atoms with van der Waals surface area (Å²) in [6, 6.07) is 0. The first-order chi connectivity index (χ1) is 7.41. The Kier molecular flexibility index (Phi) is 10.8. The maximum Gasteiger partial charge on any atom is 0.0137 e. The average molecular weight is 225 g/mol. The summed E-state index contributed by atoms with van der Waals surface area (Å²) in [5.41, 5.74) is 8.48. The second-order valence-corrected chi connectivity index (χ2v) is 4.89. The maximum absolute atomic E-state index is 5.60. The Morgan fingerprint density at radius 1 is 1.19 bits per heavy atom. The molecule has 0 fully saturated rings. The highest BCUT2D eigenvalue weighted by atomic mass is 14.5. The summed E-state index contributed by atoms with van der Waals surface area (Å²) in [5, 5.41) is 0. The molecule has 0 aromatic heterocycles. The van der Waals surface area contributed by atoms with E-state index in [1.165, 1.54) is 17.6 Å². The molecule has 0 radical (unpaired) electrons. The molecule has 0 aliphatic carbocycles. The van der Waals surface area contributed by atoms with Crippen molar-refractivity contribution >= 4 is 0 Å². The largest absolute Gasteiger partial charge is 0.327 e. The van der Waals surface area contributed by atoms with E-state index in [4.69, 9.17) is 5.73 Å². The van der Waals surface area contributed by atoms with Gasteiger partial charge in [-0.25, -0.2) is 0 Å². The van der Waals surface area contributed by atoms with Gasteiger partial charge in [-0.15, -0.1) is 0 Å². The quantitative estimate of drug-likeness (QED) is 0.690. The zero-order valence-electron chi connectivity index (χ0n) is 12.4. The second kappa shape index (κ2) is 9.65. The highest BCUT2D eigenvalue weighted by Gasteiger charge is 2.14. The third kappa shape index (κ3) is 8.72. The third-order valence-corrected chi connectivity index (χ3v) is 2.24. The van der Waals surface area contributed by atoms with Gasteiger partial charge in [0.05, 0.1) is 0 Å². The minimum absolute atomic E-state index is 0.228. The molecule has 0 heterocycles. The highest BCUT2D eigenvalue weighted by Crippen LogP contribution is 2.27. The minimum Gasteiger partial charge on any atom is -0.327 e. The molecule has 0 aromatic carbocycles. The lowest BCUT2D eigenvalue weighted by Crippen LogP contribution is -2.09. The molecule has 96 valence electrons. The first kappa shape index (κ1) is 17.8. The fourth-order valence-electron chi connectivity index (χ4n) is 1.21. The molecule has 0 aromatic rings. The molecule has 1 nitrogen and oxygen atoms in total. The number of hydrogen-bond acceptors (Lipinski definition) is 1. The fourth-order valence-corrected chi connectivity index (χ4v) is 1.21. The number of nitrogens with two attached hydrogens (primary N) is 1. The van der Waals surface area contributed by atoms with Crippen LogP contribution in [0.15, 0.2) is 23.3 Å². The van der Waals surface area contributed by atoms with Gasteiger partial charge in [0.2, 0.25) is 0 Å². The van der Waals surface area contributed by atoms with E-state index in [0.717, 1.165) is 6.42 Å². The maximum atomic E-state index is 5.60. The Bertz CT molecular complexity index is 216. The first-order valence-corrected chi connectivity index (χ1v) is 6.49. The summed E-state index contributed by atoms with van der Waals surface area (Å²) in [6.45, 7) is 15.7. The van der Waals surface area contributed by atoms with Crippen LogP contribution in [0.2, 0.25) is 0 Å². The summed E-state index contributed by atoms with van der Waals surface area (Å²) in [7, 11) is 0. The Hall–Kier alpha value is -0.560. The van der Waals surface area contributed by atoms with Crippen LogP contribution in [0.1, 0.15) is 61.3 Å². The van der Waals surface area contributed by atoms with Crippen molar-refractivity contribution in [1.82, 2.24) is 0 Å². The molecule has 2 N–H and O–H groups in total. The Morgan fingerprint density at radius 2 is 1.69 bits per heavy atom. The van der Waals surface area contributed by atoms with Crippen molar-refractivity contribution in [1.29, 1.82) is 0 Å². The Morgan fingerprint density at radius 3 is 2.00 bits per heavy atom. The van der Waals surface area contributed by atoms with Crippen molar-refractivity contribution in [3.63, 3.8) is 0 Å². The van der Waals surface area contributed by atoms with E-state index in [1.807, 2.05) is 13.8 Å². The molecule has 16 heavy (non-hydrogen) atoms. The van der Waals surface area contributed by atoms with Gasteiger partial charge in [-0.05, 0) is 24.3 Å². The van der Waals surface area contributed by atoms with Crippen LogP contribution in [0.25, 0.3) is 0 Å². The molecule has 0 rings (SSSR count). The summed E-state index contributed by atoms with van der Waals surface area (Å²) in [6.07, 6.45) is 6.92. The molecule has 0 spiro atoms. The zero-order valence-corrected chi connectivity index (χ0v) is 12.4. The van der Waals surface area contributed by atoms with Crippen molar-refractivity contribution in [3.05, 3.63) is 23.3 Å². The van der Waals surface area contributed by atoms with Gasteiger partial charge in [0.1, 0.15) is 0 Å². The van der Waals surface area contributed by atoms with Gasteiger partial charge in [0.15, 0.2) is 0 Å². The standard InChI is InChI=1S/C13H25N.C2H6/c1-6-7-8-12(13(3,4)5)9-11(2)10-14;1-2/h8-9H,6-7,10,14H2,1-5H3;1-2H3/b11-9+,12-8+;. The molecule has 0 amide bonds. The van der Waals surface area contributed by atoms with Gasteiger partial charge >= 0.3 is 0 Å². The second-order valence-electron chi connectivity index (χ2n) is 4.89. The monoisotopic (exact) mass is 225 g/mol. The van der Waals surface area contributed by atoms with Crippen molar-refractivity contribution in [2.75, 3.05) is 6.54 Å². The van der Waals surface area contributed by atoms with Crippen LogP contribution in [0.3, 0.4) is 0 Å². The van der Waals surface area contributed by atoms with E-state index in [-0.39, 0.29) is 5.41 Å². The molecular formula is C15H31N. The van der Waals surface area contributed by atoms with Crippen LogP contribution in [-0.2, 0) is 0 Å². The molecule has 0 bridgehead atoms. The Balaban J connectivity index is 0. The summed E-state index contributed by atoms with van der Waals surface area (Å²) >= 11 is 0. The number of unbranched alkanes of at least 4 members (excludes halogenated alkanes) is 1. The normalized spacial score (nSPS) is 13.2. The van der Waals surface area contributed by atoms with Crippen LogP contribution >= 0.6 is 0 Å². The zero-order chi connectivity index (χ0) is 13.2. The van der Waals surface area contributed by atoms with E-state index >= 15 is 0 Å². The van der Waals surface area contributed by atoms with E-state index < -0.39 is 0 Å². The topological polar surface area (TPSA) is 26.0 Å². The Labute approximate surface area is 103 Å². The van der Waals surface area contributed by atoms with Crippen molar-refractivity contribution in [3.8, 4) is 0 Å². The van der Waals surface area contributed by atoms with Gasteiger partial charge in [-0.1, -0.05) is 65.7 Å². The van der Waals surface area contributed by atoms with Gasteiger partial charge < -0.3 is 5.73 Å². The molecule has 0 saturated carbocycles. The van der Waals surface area contributed by atoms with E-state index in [1.54, 1.807) is 0 Å². The van der Waals surface area contributed by atoms with Crippen LogP contribution in [0.5, 0.6) is 0 Å². The average Bonchev–Trinajstić information content (AvgIpc) is 2.25. The number of hydrogen-bond donors (Lipinski definition) is 1. The van der Waals surface area contributed by atoms with Crippen LogP contribution in [0, 0.1) is 5.41 Å². The molecule has 1 heteroatoms. The molecular weight excluding hydrogens is 194 g/mol. The predicted molar refractivity (Wildman–Crippen MR) is 76.6 cm³/mol. The SMILES string of the molecule is CC.CCC/C=C(\C=C(/C)CN)C(C)(C)C. The lowest BCUT2D eigenvalue weighted by atomic mass is 9.84. The molecule has 0 saturated heterocycles.